The van der Waals surface area contributed by atoms with E-state index < -0.39 is 5.95 Å². The van der Waals surface area contributed by atoms with Gasteiger partial charge in [-0.3, -0.25) is 14.6 Å². The molecule has 3 nitrogen and oxygen atoms in total. The number of H-pyrrole nitrogens is 1. The molecule has 9 heavy (non-hydrogen) atoms. The van der Waals surface area contributed by atoms with E-state index in [2.05, 4.69) is 5.10 Å². The summed E-state index contributed by atoms with van der Waals surface area (Å²) in [6.07, 6.45) is 0. The topological polar surface area (TPSA) is 37.8 Å². The highest BCUT2D eigenvalue weighted by molar-refractivity contribution is 5.02. The molecule has 0 saturated carbocycles. The van der Waals surface area contributed by atoms with Gasteiger partial charge in [-0.2, -0.15) is 4.39 Å². The summed E-state index contributed by atoms with van der Waals surface area (Å²) in [5.74, 6) is -0.500. The van der Waals surface area contributed by atoms with Crippen molar-refractivity contribution in [2.24, 2.45) is 7.05 Å². The normalized spacial score (nSPS) is 10.1. The molecule has 0 aliphatic rings. The number of halogens is 1. The summed E-state index contributed by atoms with van der Waals surface area (Å²) >= 11 is 0. The van der Waals surface area contributed by atoms with Gasteiger partial charge in [-0.25, -0.2) is 0 Å². The zero-order valence-corrected chi connectivity index (χ0v) is 5.23. The van der Waals surface area contributed by atoms with E-state index in [-0.39, 0.29) is 11.1 Å². The Hall–Kier alpha value is -1.06. The van der Waals surface area contributed by atoms with Crippen LogP contribution in [0, 0.1) is 12.9 Å². The zero-order chi connectivity index (χ0) is 7.02. The molecule has 0 spiro atoms. The zero-order valence-electron chi connectivity index (χ0n) is 5.23. The minimum Gasteiger partial charge on any atom is -0.268 e. The van der Waals surface area contributed by atoms with Gasteiger partial charge in [0.05, 0.1) is 5.56 Å². The number of nitrogens with one attached hydrogen (secondary N) is 1. The summed E-state index contributed by atoms with van der Waals surface area (Å²) in [6, 6.07) is 0. The van der Waals surface area contributed by atoms with Crippen molar-refractivity contribution >= 4 is 0 Å². The van der Waals surface area contributed by atoms with Gasteiger partial charge in [0, 0.05) is 7.05 Å². The van der Waals surface area contributed by atoms with Crippen LogP contribution >= 0.6 is 0 Å². The second-order valence-electron chi connectivity index (χ2n) is 1.92. The molecule has 0 atom stereocenters. The fourth-order valence-corrected chi connectivity index (χ4v) is 0.630. The van der Waals surface area contributed by atoms with Crippen molar-refractivity contribution < 1.29 is 4.39 Å². The van der Waals surface area contributed by atoms with Crippen LogP contribution in [0.4, 0.5) is 4.39 Å². The first kappa shape index (κ1) is 6.07. The highest BCUT2D eigenvalue weighted by Gasteiger charge is 2.04. The minimum atomic E-state index is -0.500. The lowest BCUT2D eigenvalue weighted by molar-refractivity contribution is 0.498. The summed E-state index contributed by atoms with van der Waals surface area (Å²) in [6.45, 7) is 1.44. The number of aryl methyl sites for hydroxylation is 1. The van der Waals surface area contributed by atoms with Gasteiger partial charge in [0.2, 0.25) is 5.95 Å². The van der Waals surface area contributed by atoms with Crippen LogP contribution in [-0.4, -0.2) is 9.78 Å². The van der Waals surface area contributed by atoms with Crippen molar-refractivity contribution in [1.82, 2.24) is 9.78 Å². The summed E-state index contributed by atoms with van der Waals surface area (Å²) in [7, 11) is 1.45. The molecule has 50 valence electrons. The number of aromatic nitrogens is 2. The van der Waals surface area contributed by atoms with E-state index in [0.29, 0.717) is 0 Å². The first-order valence-electron chi connectivity index (χ1n) is 2.54. The van der Waals surface area contributed by atoms with E-state index in [1.54, 1.807) is 0 Å². The molecule has 0 aliphatic heterocycles. The molecule has 0 bridgehead atoms. The van der Waals surface area contributed by atoms with Gasteiger partial charge in [0.25, 0.3) is 5.56 Å². The average molecular weight is 130 g/mol. The number of hydrogen-bond acceptors (Lipinski definition) is 1. The molecule has 0 saturated heterocycles. The first-order chi connectivity index (χ1) is 4.13. The maximum atomic E-state index is 12.5. The SMILES string of the molecule is Cc1c(F)n(C)[nH]c1=O. The predicted molar refractivity (Wildman–Crippen MR) is 30.7 cm³/mol. The van der Waals surface area contributed by atoms with Crippen molar-refractivity contribution in [2.45, 2.75) is 6.92 Å². The lowest BCUT2D eigenvalue weighted by atomic mass is 10.4. The molecule has 0 unspecified atom stereocenters. The molecule has 0 amide bonds. The van der Waals surface area contributed by atoms with Gasteiger partial charge >= 0.3 is 0 Å². The molecule has 0 aromatic carbocycles. The van der Waals surface area contributed by atoms with Gasteiger partial charge in [0.15, 0.2) is 0 Å². The summed E-state index contributed by atoms with van der Waals surface area (Å²) < 4.78 is 13.5. The van der Waals surface area contributed by atoms with Crippen molar-refractivity contribution in [3.63, 3.8) is 0 Å². The Labute approximate surface area is 51.1 Å². The fourth-order valence-electron chi connectivity index (χ4n) is 0.630. The molecule has 1 N–H and O–H groups in total. The van der Waals surface area contributed by atoms with Gasteiger partial charge in [-0.05, 0) is 6.92 Å². The monoisotopic (exact) mass is 130 g/mol. The van der Waals surface area contributed by atoms with Gasteiger partial charge < -0.3 is 0 Å². The van der Waals surface area contributed by atoms with Gasteiger partial charge in [-0.15, -0.1) is 0 Å². The molecular weight excluding hydrogens is 123 g/mol. The van der Waals surface area contributed by atoms with Crippen LogP contribution in [0.2, 0.25) is 0 Å². The second-order valence-corrected chi connectivity index (χ2v) is 1.92. The molecule has 1 rings (SSSR count). The third-order valence-electron chi connectivity index (χ3n) is 1.21. The summed E-state index contributed by atoms with van der Waals surface area (Å²) in [4.78, 5) is 10.5. The molecule has 1 aromatic rings. The lowest BCUT2D eigenvalue weighted by Gasteiger charge is -1.87. The number of hydrogen-bond donors (Lipinski definition) is 1. The number of rotatable bonds is 0. The Morgan fingerprint density at radius 3 is 2.33 bits per heavy atom. The van der Waals surface area contributed by atoms with E-state index in [1.807, 2.05) is 0 Å². The third-order valence-corrected chi connectivity index (χ3v) is 1.21. The van der Waals surface area contributed by atoms with Crippen LogP contribution in [-0.2, 0) is 7.05 Å². The Balaban J connectivity index is 3.47. The summed E-state index contributed by atoms with van der Waals surface area (Å²) in [5, 5.41) is 2.26. The van der Waals surface area contributed by atoms with E-state index >= 15 is 0 Å². The second kappa shape index (κ2) is 1.72. The van der Waals surface area contributed by atoms with E-state index in [9.17, 15) is 9.18 Å². The fraction of sp³-hybridized carbons (Fsp3) is 0.400. The standard InChI is InChI=1S/C5H7FN2O/c1-3-4(6)8(2)7-5(3)9/h1-2H3,(H,7,9). The maximum absolute atomic E-state index is 12.5. The van der Waals surface area contributed by atoms with Crippen LogP contribution in [0.25, 0.3) is 0 Å². The smallest absolute Gasteiger partial charge is 0.268 e. The predicted octanol–water partition coefficient (Wildman–Crippen LogP) is 0.161. The molecule has 1 aromatic heterocycles. The van der Waals surface area contributed by atoms with E-state index in [1.165, 1.54) is 14.0 Å². The summed E-state index contributed by atoms with van der Waals surface area (Å²) in [5.41, 5.74) is -0.229. The van der Waals surface area contributed by atoms with Crippen molar-refractivity contribution in [3.05, 3.63) is 21.9 Å². The lowest BCUT2D eigenvalue weighted by Crippen LogP contribution is -2.03. The number of aromatic amines is 1. The Morgan fingerprint density at radius 1 is 1.67 bits per heavy atom. The molecular formula is C5H7FN2O. The average Bonchev–Trinajstić information content (AvgIpc) is 1.98. The molecule has 0 aliphatic carbocycles. The van der Waals surface area contributed by atoms with Gasteiger partial charge in [0.1, 0.15) is 0 Å². The first-order valence-corrected chi connectivity index (χ1v) is 2.54. The van der Waals surface area contributed by atoms with Crippen molar-refractivity contribution in [3.8, 4) is 0 Å². The molecule has 4 heteroatoms. The van der Waals surface area contributed by atoms with Gasteiger partial charge in [-0.1, -0.05) is 0 Å². The Kier molecular flexibility index (Phi) is 1.16. The van der Waals surface area contributed by atoms with Crippen LogP contribution in [0.5, 0.6) is 0 Å². The van der Waals surface area contributed by atoms with Crippen molar-refractivity contribution in [1.29, 1.82) is 0 Å². The largest absolute Gasteiger partial charge is 0.270 e. The van der Waals surface area contributed by atoms with E-state index in [0.717, 1.165) is 4.68 Å². The Morgan fingerprint density at radius 2 is 2.22 bits per heavy atom. The van der Waals surface area contributed by atoms with Crippen LogP contribution in [0.1, 0.15) is 5.56 Å². The van der Waals surface area contributed by atoms with E-state index in [4.69, 9.17) is 0 Å². The van der Waals surface area contributed by atoms with Crippen molar-refractivity contribution in [2.75, 3.05) is 0 Å². The van der Waals surface area contributed by atoms with Crippen LogP contribution in [0.15, 0.2) is 4.79 Å². The highest BCUT2D eigenvalue weighted by Crippen LogP contribution is 1.94. The molecule has 0 radical (unpaired) electrons. The van der Waals surface area contributed by atoms with Crippen LogP contribution < -0.4 is 5.56 Å². The molecule has 1 heterocycles. The minimum absolute atomic E-state index is 0.137. The third kappa shape index (κ3) is 0.759. The maximum Gasteiger partial charge on any atom is 0.270 e. The number of nitrogens with zero attached hydrogens (tertiary/aromatic N) is 1. The van der Waals surface area contributed by atoms with Crippen LogP contribution in [0.3, 0.4) is 0 Å². The Bertz CT molecular complexity index is 273. The highest BCUT2D eigenvalue weighted by atomic mass is 19.1. The molecule has 0 fully saturated rings. The quantitative estimate of drug-likeness (QED) is 0.533.